The number of esters is 1. The second kappa shape index (κ2) is 5.10. The van der Waals surface area contributed by atoms with E-state index in [1.165, 1.54) is 6.08 Å². The lowest BCUT2D eigenvalue weighted by Crippen LogP contribution is -2.43. The molecule has 88 valence electrons. The van der Waals surface area contributed by atoms with Crippen LogP contribution < -0.4 is 0 Å². The van der Waals surface area contributed by atoms with Crippen molar-refractivity contribution in [1.29, 1.82) is 0 Å². The fraction of sp³-hybridized carbons (Fsp3) is 0.538. The summed E-state index contributed by atoms with van der Waals surface area (Å²) >= 11 is 0. The zero-order valence-corrected chi connectivity index (χ0v) is 9.75. The predicted octanol–water partition coefficient (Wildman–Crippen LogP) is 2.42. The Morgan fingerprint density at radius 1 is 1.56 bits per heavy atom. The summed E-state index contributed by atoms with van der Waals surface area (Å²) in [4.78, 5) is 24.0. The van der Waals surface area contributed by atoms with Crippen molar-refractivity contribution >= 4 is 11.8 Å². The van der Waals surface area contributed by atoms with Crippen LogP contribution in [0.4, 0.5) is 0 Å². The molecule has 1 unspecified atom stereocenters. The van der Waals surface area contributed by atoms with Crippen molar-refractivity contribution in [2.24, 2.45) is 5.41 Å². The molecule has 0 aromatic rings. The first kappa shape index (κ1) is 12.7. The summed E-state index contributed by atoms with van der Waals surface area (Å²) in [5.41, 5.74) is -0.689. The van der Waals surface area contributed by atoms with Gasteiger partial charge in [-0.1, -0.05) is 25.7 Å². The normalized spacial score (nSPS) is 24.9. The molecule has 0 spiro atoms. The molecule has 0 aromatic carbocycles. The van der Waals surface area contributed by atoms with Crippen LogP contribution in [0.1, 0.15) is 32.6 Å². The van der Waals surface area contributed by atoms with Crippen molar-refractivity contribution in [2.45, 2.75) is 32.6 Å². The Kier molecular flexibility index (Phi) is 4.05. The largest absolute Gasteiger partial charge is 0.465 e. The van der Waals surface area contributed by atoms with Crippen LogP contribution in [0.3, 0.4) is 0 Å². The van der Waals surface area contributed by atoms with Gasteiger partial charge in [0.2, 0.25) is 0 Å². The highest BCUT2D eigenvalue weighted by Crippen LogP contribution is 2.40. The molecule has 0 radical (unpaired) electrons. The number of Topliss-reactive ketones (excluding diaryl/α,β-unsaturated/α-hetero) is 1. The van der Waals surface area contributed by atoms with Crippen LogP contribution in [0.15, 0.2) is 24.8 Å². The van der Waals surface area contributed by atoms with Gasteiger partial charge < -0.3 is 4.74 Å². The Balaban J connectivity index is 3.09. The van der Waals surface area contributed by atoms with E-state index < -0.39 is 11.4 Å². The van der Waals surface area contributed by atoms with E-state index in [1.807, 2.05) is 0 Å². The number of hydrogen-bond donors (Lipinski definition) is 0. The van der Waals surface area contributed by atoms with Crippen LogP contribution in [-0.2, 0) is 14.3 Å². The minimum atomic E-state index is -1.16. The number of allylic oxidation sites excluding steroid dienone is 1. The third-order valence-electron chi connectivity index (χ3n) is 3.10. The van der Waals surface area contributed by atoms with Crippen LogP contribution in [0.2, 0.25) is 0 Å². The maximum absolute atomic E-state index is 12.0. The minimum Gasteiger partial charge on any atom is -0.465 e. The van der Waals surface area contributed by atoms with Crippen molar-refractivity contribution < 1.29 is 14.3 Å². The molecule has 1 aliphatic carbocycles. The Labute approximate surface area is 96.2 Å². The van der Waals surface area contributed by atoms with Crippen LogP contribution in [0.25, 0.3) is 0 Å². The van der Waals surface area contributed by atoms with Gasteiger partial charge in [0.1, 0.15) is 0 Å². The van der Waals surface area contributed by atoms with Gasteiger partial charge in [0.05, 0.1) is 6.61 Å². The molecule has 0 saturated heterocycles. The van der Waals surface area contributed by atoms with E-state index in [9.17, 15) is 9.59 Å². The zero-order valence-electron chi connectivity index (χ0n) is 9.75. The summed E-state index contributed by atoms with van der Waals surface area (Å²) in [7, 11) is 0. The highest BCUT2D eigenvalue weighted by atomic mass is 16.5. The second-order valence-corrected chi connectivity index (χ2v) is 3.99. The maximum atomic E-state index is 12.0. The van der Waals surface area contributed by atoms with Crippen molar-refractivity contribution in [3.8, 4) is 0 Å². The van der Waals surface area contributed by atoms with E-state index in [4.69, 9.17) is 4.74 Å². The molecule has 0 N–H and O–H groups in total. The number of hydrogen-bond acceptors (Lipinski definition) is 3. The topological polar surface area (TPSA) is 43.4 Å². The van der Waals surface area contributed by atoms with Gasteiger partial charge in [0.25, 0.3) is 0 Å². The predicted molar refractivity (Wildman–Crippen MR) is 61.9 cm³/mol. The second-order valence-electron chi connectivity index (χ2n) is 3.99. The van der Waals surface area contributed by atoms with E-state index in [0.29, 0.717) is 18.4 Å². The van der Waals surface area contributed by atoms with Crippen molar-refractivity contribution in [1.82, 2.24) is 0 Å². The number of carbonyl (C=O) groups is 2. The summed E-state index contributed by atoms with van der Waals surface area (Å²) in [5.74, 6) is -0.549. The lowest BCUT2D eigenvalue weighted by Gasteiger charge is -2.33. The van der Waals surface area contributed by atoms with E-state index >= 15 is 0 Å². The lowest BCUT2D eigenvalue weighted by atomic mass is 9.68. The molecular formula is C13H18O3. The van der Waals surface area contributed by atoms with Crippen LogP contribution in [-0.4, -0.2) is 18.4 Å². The quantitative estimate of drug-likeness (QED) is 0.417. The van der Waals surface area contributed by atoms with Gasteiger partial charge in [-0.2, -0.15) is 0 Å². The van der Waals surface area contributed by atoms with Crippen molar-refractivity contribution in [3.05, 3.63) is 24.8 Å². The number of ketones is 1. The number of carbonyl (C=O) groups excluding carboxylic acids is 2. The Bertz CT molecular complexity index is 330. The molecule has 1 aliphatic rings. The summed E-state index contributed by atoms with van der Waals surface area (Å²) < 4.78 is 5.01. The smallest absolute Gasteiger partial charge is 0.324 e. The van der Waals surface area contributed by atoms with E-state index in [0.717, 1.165) is 12.8 Å². The Hall–Kier alpha value is -1.38. The summed E-state index contributed by atoms with van der Waals surface area (Å²) in [6.07, 6.45) is 4.09. The maximum Gasteiger partial charge on any atom is 0.324 e. The molecule has 16 heavy (non-hydrogen) atoms. The van der Waals surface area contributed by atoms with Gasteiger partial charge >= 0.3 is 5.97 Å². The van der Waals surface area contributed by atoms with E-state index in [1.54, 1.807) is 6.92 Å². The summed E-state index contributed by atoms with van der Waals surface area (Å²) in [5, 5.41) is 0. The van der Waals surface area contributed by atoms with Gasteiger partial charge in [-0.15, -0.1) is 0 Å². The standard InChI is InChI=1S/C13H18O3/c1-4-10(3)13(12(15)16-5-2)9-7-6-8-11(13)14/h4H,1,3,5-9H2,2H3. The molecule has 1 rings (SSSR count). The van der Waals surface area contributed by atoms with Crippen molar-refractivity contribution in [3.63, 3.8) is 0 Å². The Morgan fingerprint density at radius 3 is 2.75 bits per heavy atom. The first-order valence-corrected chi connectivity index (χ1v) is 5.62. The molecule has 0 bridgehead atoms. The van der Waals surface area contributed by atoms with E-state index in [2.05, 4.69) is 13.2 Å². The SMILES string of the molecule is C=CC(=C)C1(C(=O)OCC)CCCCC1=O. The van der Waals surface area contributed by atoms with E-state index in [-0.39, 0.29) is 12.4 Å². The average Bonchev–Trinajstić information content (AvgIpc) is 2.29. The van der Waals surface area contributed by atoms with Crippen LogP contribution in [0, 0.1) is 5.41 Å². The highest BCUT2D eigenvalue weighted by Gasteiger charge is 2.49. The van der Waals surface area contributed by atoms with Gasteiger partial charge in [0.15, 0.2) is 11.2 Å². The first-order valence-electron chi connectivity index (χ1n) is 5.62. The van der Waals surface area contributed by atoms with Gasteiger partial charge in [-0.05, 0) is 25.3 Å². The average molecular weight is 222 g/mol. The molecular weight excluding hydrogens is 204 g/mol. The molecule has 3 nitrogen and oxygen atoms in total. The lowest BCUT2D eigenvalue weighted by molar-refractivity contribution is -0.159. The van der Waals surface area contributed by atoms with Gasteiger partial charge in [-0.3, -0.25) is 9.59 Å². The first-order chi connectivity index (χ1) is 7.59. The summed E-state index contributed by atoms with van der Waals surface area (Å²) in [6, 6.07) is 0. The summed E-state index contributed by atoms with van der Waals surface area (Å²) in [6.45, 7) is 9.39. The molecule has 0 aromatic heterocycles. The number of rotatable bonds is 4. The van der Waals surface area contributed by atoms with Gasteiger partial charge in [0, 0.05) is 6.42 Å². The fourth-order valence-electron chi connectivity index (χ4n) is 2.14. The minimum absolute atomic E-state index is 0.0814. The highest BCUT2D eigenvalue weighted by molar-refractivity contribution is 6.07. The van der Waals surface area contributed by atoms with Gasteiger partial charge in [-0.25, -0.2) is 0 Å². The molecule has 0 amide bonds. The number of ether oxygens (including phenoxy) is 1. The van der Waals surface area contributed by atoms with Crippen molar-refractivity contribution in [2.75, 3.05) is 6.61 Å². The molecule has 1 fully saturated rings. The molecule has 3 heteroatoms. The third-order valence-corrected chi connectivity index (χ3v) is 3.10. The monoisotopic (exact) mass is 222 g/mol. The van der Waals surface area contributed by atoms with Crippen LogP contribution >= 0.6 is 0 Å². The molecule has 0 heterocycles. The molecule has 1 atom stereocenters. The molecule has 1 saturated carbocycles. The Morgan fingerprint density at radius 2 is 2.25 bits per heavy atom. The zero-order chi connectivity index (χ0) is 12.2. The third kappa shape index (κ3) is 1.94. The molecule has 0 aliphatic heterocycles. The fourth-order valence-corrected chi connectivity index (χ4v) is 2.14. The van der Waals surface area contributed by atoms with Crippen LogP contribution in [0.5, 0.6) is 0 Å².